The van der Waals surface area contributed by atoms with Crippen LogP contribution in [0, 0.1) is 17.4 Å². The zero-order valence-electron chi connectivity index (χ0n) is 16.2. The number of rotatable bonds is 4. The van der Waals surface area contributed by atoms with Gasteiger partial charge in [-0.2, -0.15) is 0 Å². The summed E-state index contributed by atoms with van der Waals surface area (Å²) in [6.45, 7) is 4.39. The van der Waals surface area contributed by atoms with Crippen molar-refractivity contribution in [1.82, 2.24) is 0 Å². The van der Waals surface area contributed by atoms with Gasteiger partial charge in [-0.25, -0.2) is 0 Å². The maximum atomic E-state index is 9.26. The predicted molar refractivity (Wildman–Crippen MR) is 183 cm³/mol. The van der Waals surface area contributed by atoms with Crippen LogP contribution in [0.2, 0.25) is 10.0 Å². The van der Waals surface area contributed by atoms with Crippen LogP contribution in [0.4, 0.5) is 0 Å². The van der Waals surface area contributed by atoms with Gasteiger partial charge < -0.3 is 10.2 Å². The van der Waals surface area contributed by atoms with Crippen LogP contribution >= 0.6 is 135 Å². The highest BCUT2D eigenvalue weighted by molar-refractivity contribution is 14.1. The van der Waals surface area contributed by atoms with Gasteiger partial charge in [0.25, 0.3) is 0 Å². The summed E-state index contributed by atoms with van der Waals surface area (Å²) in [7, 11) is 18.9. The molecule has 2 aromatic rings. The highest BCUT2D eigenvalue weighted by atomic mass is 127. The third-order valence-corrected chi connectivity index (χ3v) is 63.4. The Labute approximate surface area is 224 Å². The molecule has 30 heavy (non-hydrogen) atoms. The molecule has 8 atom stereocenters. The van der Waals surface area contributed by atoms with E-state index in [0.717, 1.165) is 22.7 Å². The SMILES string of the molecule is Cc1cc(Cl)cc(I)c1O.Cc1cc(Cl)ccc1O.PPP(P)P(P(P)P)P(P)P. The van der Waals surface area contributed by atoms with Crippen molar-refractivity contribution in [1.29, 1.82) is 0 Å². The van der Waals surface area contributed by atoms with Gasteiger partial charge in [0.1, 0.15) is 11.5 Å². The minimum Gasteiger partial charge on any atom is -0.508 e. The van der Waals surface area contributed by atoms with Crippen LogP contribution in [0.1, 0.15) is 11.1 Å². The minimum atomic E-state index is 0.138. The summed E-state index contributed by atoms with van der Waals surface area (Å²) >= 11 is 13.4. The quantitative estimate of drug-likeness (QED) is 0.240. The summed E-state index contributed by atoms with van der Waals surface area (Å²) in [6, 6.07) is 8.42. The number of phenolic OH excluding ortho intramolecular Hbond substituents is 2. The summed E-state index contributed by atoms with van der Waals surface area (Å²) in [5.41, 5.74) is 1.62. The molecule has 0 fully saturated rings. The second-order valence-corrected chi connectivity index (χ2v) is 46.6. The fourth-order valence-corrected chi connectivity index (χ4v) is 98.4. The van der Waals surface area contributed by atoms with Gasteiger partial charge in [-0.15, -0.1) is 53.6 Å². The molecule has 0 spiro atoms. The molecule has 2 N–H and O–H groups in total. The van der Waals surface area contributed by atoms with Crippen molar-refractivity contribution in [3.8, 4) is 11.5 Å². The number of benzene rings is 2. The first-order valence-corrected chi connectivity index (χ1v) is 28.9. The van der Waals surface area contributed by atoms with Crippen LogP contribution in [0.5, 0.6) is 11.5 Å². The zero-order valence-corrected chi connectivity index (χ0v) is 31.3. The molecule has 0 aliphatic heterocycles. The van der Waals surface area contributed by atoms with E-state index in [0.29, 0.717) is 21.5 Å². The van der Waals surface area contributed by atoms with Crippen molar-refractivity contribution in [2.24, 2.45) is 0 Å². The molecule has 0 bridgehead atoms. The van der Waals surface area contributed by atoms with Crippen LogP contribution < -0.4 is 0 Å². The second kappa shape index (κ2) is 18.3. The Morgan fingerprint density at radius 2 is 1.37 bits per heavy atom. The van der Waals surface area contributed by atoms with E-state index < -0.39 is 0 Å². The largest absolute Gasteiger partial charge is 0.508 e. The lowest BCUT2D eigenvalue weighted by Crippen LogP contribution is -1.78. The molecular weight excluding hydrogens is 739 g/mol. The van der Waals surface area contributed by atoms with Gasteiger partial charge in [-0.05, 0) is 106 Å². The van der Waals surface area contributed by atoms with E-state index in [1.54, 1.807) is 37.3 Å². The lowest BCUT2D eigenvalue weighted by atomic mass is 10.2. The van der Waals surface area contributed by atoms with Gasteiger partial charge in [0.2, 0.25) is 0 Å². The summed E-state index contributed by atoms with van der Waals surface area (Å²) < 4.78 is 0.794. The molecule has 0 amide bonds. The van der Waals surface area contributed by atoms with Crippen LogP contribution in [0.3, 0.4) is 0 Å². The van der Waals surface area contributed by atoms with Gasteiger partial charge in [-0.1, -0.05) is 31.2 Å². The van der Waals surface area contributed by atoms with Crippen molar-refractivity contribution < 1.29 is 10.2 Å². The molecule has 0 heterocycles. The van der Waals surface area contributed by atoms with E-state index in [4.69, 9.17) is 28.3 Å². The van der Waals surface area contributed by atoms with Gasteiger partial charge in [0.05, 0.1) is 3.57 Å². The number of aryl methyl sites for hydroxylation is 2. The molecule has 2 aromatic carbocycles. The molecule has 0 radical (unpaired) electrons. The average Bonchev–Trinajstić information content (AvgIpc) is 2.63. The molecule has 0 saturated carbocycles. The number of hydrogen-bond donors (Lipinski definition) is 2. The van der Waals surface area contributed by atoms with Gasteiger partial charge in [0, 0.05) is 10.0 Å². The Morgan fingerprint density at radius 3 is 1.70 bits per heavy atom. The third kappa shape index (κ3) is 14.0. The Balaban J connectivity index is 0.000000422. The molecule has 0 aliphatic carbocycles. The molecule has 0 aromatic heterocycles. The molecule has 2 nitrogen and oxygen atoms in total. The summed E-state index contributed by atoms with van der Waals surface area (Å²) in [6.07, 6.45) is 0. The van der Waals surface area contributed by atoms with Gasteiger partial charge in [0.15, 0.2) is 0 Å². The summed E-state index contributed by atoms with van der Waals surface area (Å²) in [5.74, 6) is 0.615. The van der Waals surface area contributed by atoms with E-state index in [-0.39, 0.29) is 27.9 Å². The number of hydrogen-bond acceptors (Lipinski definition) is 2. The van der Waals surface area contributed by atoms with E-state index in [9.17, 15) is 5.11 Å². The first kappa shape index (κ1) is 34.1. The van der Waals surface area contributed by atoms with Gasteiger partial charge in [-0.3, -0.25) is 0 Å². The molecule has 0 saturated heterocycles. The maximum Gasteiger partial charge on any atom is 0.131 e. The van der Waals surface area contributed by atoms with Crippen molar-refractivity contribution in [3.05, 3.63) is 55.1 Å². The van der Waals surface area contributed by atoms with Crippen LogP contribution in [0.25, 0.3) is 0 Å². The standard InChI is InChI=1S/C7H6ClIO.C7H7ClO.H13P11/c1-4-2-5(8)3-6(9)7(4)10;1-5-4-6(8)2-3-7(5)9;1-7-10(6)11(8(2)3)9(4)5/h2-3,10H,1H3;2-4,9H,1H3;7H,1-6H2. The maximum absolute atomic E-state index is 9.26. The molecule has 8 unspecified atom stereocenters. The Morgan fingerprint density at radius 1 is 0.867 bits per heavy atom. The first-order valence-electron chi connectivity index (χ1n) is 7.81. The van der Waals surface area contributed by atoms with E-state index in [1.165, 1.54) is 0 Å². The van der Waals surface area contributed by atoms with Crippen LogP contribution in [0.15, 0.2) is 30.3 Å². The Bertz CT molecular complexity index is 769. The van der Waals surface area contributed by atoms with Crippen molar-refractivity contribution in [3.63, 3.8) is 0 Å². The smallest absolute Gasteiger partial charge is 0.131 e. The molecule has 170 valence electrons. The highest BCUT2D eigenvalue weighted by Gasteiger charge is 2.22. The second-order valence-electron chi connectivity index (χ2n) is 5.49. The Kier molecular flexibility index (Phi) is 20.8. The third-order valence-electron chi connectivity index (χ3n) is 3.12. The number of phenols is 2. The number of aromatic hydroxyl groups is 2. The highest BCUT2D eigenvalue weighted by Crippen LogP contribution is 3.12. The lowest BCUT2D eigenvalue weighted by Gasteiger charge is -2.29. The lowest BCUT2D eigenvalue weighted by molar-refractivity contribution is 0.467. The van der Waals surface area contributed by atoms with Crippen LogP contribution in [-0.4, -0.2) is 10.2 Å². The van der Waals surface area contributed by atoms with E-state index in [1.807, 2.05) is 29.5 Å². The topological polar surface area (TPSA) is 40.5 Å². The van der Waals surface area contributed by atoms with E-state index >= 15 is 0 Å². The fraction of sp³-hybridized carbons (Fsp3) is 0.143. The summed E-state index contributed by atoms with van der Waals surface area (Å²) in [4.78, 5) is 0. The van der Waals surface area contributed by atoms with Gasteiger partial charge >= 0.3 is 0 Å². The predicted octanol–water partition coefficient (Wildman–Crippen LogP) is 11.3. The van der Waals surface area contributed by atoms with Crippen LogP contribution in [-0.2, 0) is 0 Å². The van der Waals surface area contributed by atoms with Crippen molar-refractivity contribution >= 4 is 135 Å². The van der Waals surface area contributed by atoms with Crippen molar-refractivity contribution in [2.45, 2.75) is 13.8 Å². The molecule has 0 aliphatic rings. The molecule has 2 rings (SSSR count). The van der Waals surface area contributed by atoms with Crippen molar-refractivity contribution in [2.75, 3.05) is 0 Å². The van der Waals surface area contributed by atoms with E-state index in [2.05, 4.69) is 53.6 Å². The zero-order chi connectivity index (χ0) is 23.6. The molecular formula is C14H26Cl2IO2P11. The fourth-order valence-electron chi connectivity index (χ4n) is 1.71. The Hall–Kier alpha value is 4.08. The number of halogens is 3. The first-order chi connectivity index (χ1) is 13.8. The monoisotopic (exact) mass is 764 g/mol. The molecule has 16 heteroatoms. The average molecular weight is 765 g/mol. The normalized spacial score (nSPS) is 12.1. The summed E-state index contributed by atoms with van der Waals surface area (Å²) in [5, 5.41) is 19.6. The minimum absolute atomic E-state index is 0.138.